The van der Waals surface area contributed by atoms with Crippen molar-refractivity contribution in [3.63, 3.8) is 0 Å². The van der Waals surface area contributed by atoms with Gasteiger partial charge >= 0.3 is 5.97 Å². The van der Waals surface area contributed by atoms with Gasteiger partial charge in [-0.15, -0.1) is 0 Å². The lowest BCUT2D eigenvalue weighted by molar-refractivity contribution is -0.141. The standard InChI is InChI=1S/C39H49ClN2O6S2/c1-7-27-22-39(5,6)23-31(27)36(28-11-9-8-10-12-28)35(29-13-15-30(40)16-14-29)24(2)21-34(45)49-19-18-33(42-26(4)44)38(48)50-20-17-32(37(46)47)41-25(3)43/h8-16,27,32-33H,7,17-23H2,1-6H3,(H,41,43)(H,42,44)(H,46,47). The fourth-order valence-corrected chi connectivity index (χ4v) is 8.50. The van der Waals surface area contributed by atoms with Crippen LogP contribution in [0.5, 0.6) is 0 Å². The minimum absolute atomic E-state index is 0.0462. The maximum Gasteiger partial charge on any atom is 0.326 e. The number of carbonyl (C=O) groups is 5. The molecule has 270 valence electrons. The van der Waals surface area contributed by atoms with Crippen LogP contribution in [0.25, 0.3) is 11.1 Å². The minimum Gasteiger partial charge on any atom is -0.480 e. The lowest BCUT2D eigenvalue weighted by atomic mass is 9.81. The third kappa shape index (κ3) is 12.5. The first kappa shape index (κ1) is 41.1. The van der Waals surface area contributed by atoms with Crippen LogP contribution in [-0.2, 0) is 24.0 Å². The molecular formula is C39H49ClN2O6S2. The van der Waals surface area contributed by atoms with Crippen LogP contribution in [0.4, 0.5) is 0 Å². The van der Waals surface area contributed by atoms with Crippen LogP contribution in [0.2, 0.25) is 5.02 Å². The van der Waals surface area contributed by atoms with E-state index in [1.54, 1.807) is 0 Å². The summed E-state index contributed by atoms with van der Waals surface area (Å²) in [7, 11) is 0. The summed E-state index contributed by atoms with van der Waals surface area (Å²) in [5.41, 5.74) is 6.83. The van der Waals surface area contributed by atoms with Crippen molar-refractivity contribution in [3.05, 3.63) is 81.9 Å². The Kier molecular flexibility index (Phi) is 15.9. The van der Waals surface area contributed by atoms with E-state index >= 15 is 0 Å². The monoisotopic (exact) mass is 740 g/mol. The van der Waals surface area contributed by atoms with E-state index < -0.39 is 24.0 Å². The molecule has 3 unspecified atom stereocenters. The van der Waals surface area contributed by atoms with Gasteiger partial charge in [-0.1, -0.05) is 110 Å². The maximum atomic E-state index is 13.5. The van der Waals surface area contributed by atoms with Crippen molar-refractivity contribution in [2.45, 2.75) is 92.2 Å². The number of aliphatic carboxylic acids is 1. The summed E-state index contributed by atoms with van der Waals surface area (Å²) in [5.74, 6) is -1.17. The Labute approximate surface area is 309 Å². The van der Waals surface area contributed by atoms with Gasteiger partial charge in [0.1, 0.15) is 6.04 Å². The molecule has 2 aromatic carbocycles. The zero-order valence-electron chi connectivity index (χ0n) is 29.8. The number of carbonyl (C=O) groups excluding carboxylic acids is 4. The van der Waals surface area contributed by atoms with Gasteiger partial charge in [0.25, 0.3) is 0 Å². The van der Waals surface area contributed by atoms with Gasteiger partial charge in [0.15, 0.2) is 5.12 Å². The normalized spacial score (nSPS) is 18.0. The minimum atomic E-state index is -1.19. The van der Waals surface area contributed by atoms with Crippen molar-refractivity contribution >= 4 is 74.3 Å². The van der Waals surface area contributed by atoms with Crippen molar-refractivity contribution in [1.82, 2.24) is 10.6 Å². The first-order chi connectivity index (χ1) is 23.6. The van der Waals surface area contributed by atoms with Gasteiger partial charge in [-0.2, -0.15) is 0 Å². The number of hydrogen-bond donors (Lipinski definition) is 3. The van der Waals surface area contributed by atoms with Gasteiger partial charge < -0.3 is 15.7 Å². The van der Waals surface area contributed by atoms with Gasteiger partial charge in [0, 0.05) is 36.8 Å². The lowest BCUT2D eigenvalue weighted by Gasteiger charge is -2.23. The number of carboxylic acid groups (broad SMARTS) is 1. The average Bonchev–Trinajstić information content (AvgIpc) is 3.36. The fraction of sp³-hybridized carbons (Fsp3) is 0.462. The first-order valence-corrected chi connectivity index (χ1v) is 19.3. The maximum absolute atomic E-state index is 13.5. The summed E-state index contributed by atoms with van der Waals surface area (Å²) in [6.45, 7) is 11.4. The van der Waals surface area contributed by atoms with Gasteiger partial charge in [-0.05, 0) is 84.8 Å². The first-order valence-electron chi connectivity index (χ1n) is 17.0. The average molecular weight is 741 g/mol. The second kappa shape index (κ2) is 19.3. The van der Waals surface area contributed by atoms with Crippen LogP contribution >= 0.6 is 35.1 Å². The van der Waals surface area contributed by atoms with E-state index in [4.69, 9.17) is 11.6 Å². The van der Waals surface area contributed by atoms with Crippen molar-refractivity contribution in [3.8, 4) is 0 Å². The highest BCUT2D eigenvalue weighted by molar-refractivity contribution is 8.14. The van der Waals surface area contributed by atoms with Crippen molar-refractivity contribution < 1.29 is 29.1 Å². The number of halogens is 1. The third-order valence-electron chi connectivity index (χ3n) is 8.71. The Balaban J connectivity index is 1.84. The molecule has 1 saturated carbocycles. The highest BCUT2D eigenvalue weighted by Crippen LogP contribution is 2.52. The summed E-state index contributed by atoms with van der Waals surface area (Å²) in [4.78, 5) is 61.2. The zero-order valence-corrected chi connectivity index (χ0v) is 32.2. The number of rotatable bonds is 16. The number of thioether (sulfide) groups is 2. The molecule has 2 amide bonds. The number of carboxylic acids is 1. The second-order valence-corrected chi connectivity index (χ2v) is 16.3. The summed E-state index contributed by atoms with van der Waals surface area (Å²) in [5, 5.41) is 14.6. The van der Waals surface area contributed by atoms with Crippen LogP contribution in [0.15, 0.2) is 65.7 Å². The number of benzene rings is 2. The summed E-state index contributed by atoms with van der Waals surface area (Å²) >= 11 is 8.35. The smallest absolute Gasteiger partial charge is 0.326 e. The largest absolute Gasteiger partial charge is 0.480 e. The summed E-state index contributed by atoms with van der Waals surface area (Å²) in [6, 6.07) is 16.2. The Morgan fingerprint density at radius 3 is 2.02 bits per heavy atom. The predicted molar refractivity (Wildman–Crippen MR) is 206 cm³/mol. The van der Waals surface area contributed by atoms with Gasteiger partial charge in [-0.25, -0.2) is 4.79 Å². The van der Waals surface area contributed by atoms with E-state index in [2.05, 4.69) is 43.5 Å². The van der Waals surface area contributed by atoms with Crippen LogP contribution in [0.3, 0.4) is 0 Å². The number of nitrogens with one attached hydrogen (secondary N) is 2. The van der Waals surface area contributed by atoms with Gasteiger partial charge in [0.2, 0.25) is 16.9 Å². The quantitative estimate of drug-likeness (QED) is 0.157. The molecule has 3 atom stereocenters. The molecule has 1 aliphatic carbocycles. The molecule has 50 heavy (non-hydrogen) atoms. The third-order valence-corrected chi connectivity index (χ3v) is 10.9. The highest BCUT2D eigenvalue weighted by Gasteiger charge is 2.37. The number of hydrogen-bond acceptors (Lipinski definition) is 7. The topological polar surface area (TPSA) is 130 Å². The molecule has 3 rings (SSSR count). The second-order valence-electron chi connectivity index (χ2n) is 13.6. The molecule has 8 nitrogen and oxygen atoms in total. The highest BCUT2D eigenvalue weighted by atomic mass is 35.5. The van der Waals surface area contributed by atoms with E-state index in [9.17, 15) is 29.1 Å². The predicted octanol–water partition coefficient (Wildman–Crippen LogP) is 8.20. The van der Waals surface area contributed by atoms with Crippen molar-refractivity contribution in [2.75, 3.05) is 11.5 Å². The molecule has 0 bridgehead atoms. The van der Waals surface area contributed by atoms with Crippen LogP contribution in [0, 0.1) is 11.3 Å². The van der Waals surface area contributed by atoms with Crippen LogP contribution in [0.1, 0.15) is 91.2 Å². The van der Waals surface area contributed by atoms with Gasteiger partial charge in [-0.3, -0.25) is 19.2 Å². The van der Waals surface area contributed by atoms with Gasteiger partial charge in [0.05, 0.1) is 6.04 Å². The Morgan fingerprint density at radius 1 is 0.860 bits per heavy atom. The fourth-order valence-electron chi connectivity index (χ4n) is 6.54. The van der Waals surface area contributed by atoms with Crippen molar-refractivity contribution in [1.29, 1.82) is 0 Å². The molecule has 1 aliphatic rings. The van der Waals surface area contributed by atoms with E-state index in [0.29, 0.717) is 16.7 Å². The Bertz CT molecular complexity index is 1600. The van der Waals surface area contributed by atoms with E-state index in [1.165, 1.54) is 25.0 Å². The lowest BCUT2D eigenvalue weighted by Crippen LogP contribution is -2.41. The SMILES string of the molecule is CCC1CC(C)(C)CC1=C(C(=C(C)CC(=O)SCCC(NC(C)=O)C(=O)SCCC(NC(C)=O)C(=O)O)c1ccc(Cl)cc1)c1ccccc1. The Hall–Kier alpha value is -3.34. The molecule has 0 aromatic heterocycles. The molecule has 0 radical (unpaired) electrons. The summed E-state index contributed by atoms with van der Waals surface area (Å²) < 4.78 is 0. The molecule has 2 aromatic rings. The molecule has 0 spiro atoms. The zero-order chi connectivity index (χ0) is 37.0. The summed E-state index contributed by atoms with van der Waals surface area (Å²) in [6.07, 6.45) is 3.56. The number of allylic oxidation sites excluding steroid dienone is 4. The van der Waals surface area contributed by atoms with E-state index in [1.807, 2.05) is 49.4 Å². The van der Waals surface area contributed by atoms with E-state index in [0.717, 1.165) is 65.1 Å². The molecular weight excluding hydrogens is 692 g/mol. The molecule has 0 aliphatic heterocycles. The molecule has 0 saturated heterocycles. The van der Waals surface area contributed by atoms with E-state index in [-0.39, 0.29) is 46.6 Å². The van der Waals surface area contributed by atoms with Crippen LogP contribution < -0.4 is 10.6 Å². The molecule has 1 fully saturated rings. The van der Waals surface area contributed by atoms with Crippen molar-refractivity contribution in [2.24, 2.45) is 11.3 Å². The number of amides is 2. The molecule has 3 N–H and O–H groups in total. The molecule has 11 heteroatoms. The van der Waals surface area contributed by atoms with Crippen LogP contribution in [-0.4, -0.2) is 56.7 Å². The molecule has 0 heterocycles. The Morgan fingerprint density at radius 2 is 1.44 bits per heavy atom.